The highest BCUT2D eigenvalue weighted by molar-refractivity contribution is 8.00. The molecule has 0 atom stereocenters. The van der Waals surface area contributed by atoms with Crippen molar-refractivity contribution in [1.29, 1.82) is 0 Å². The van der Waals surface area contributed by atoms with Gasteiger partial charge in [0, 0.05) is 18.7 Å². The Bertz CT molecular complexity index is 1240. The van der Waals surface area contributed by atoms with Gasteiger partial charge in [-0.15, -0.1) is 0 Å². The first-order valence-electron chi connectivity index (χ1n) is 9.95. The molecule has 0 spiro atoms. The number of carbonyl (C=O) groups excluding carboxylic acids is 1. The monoisotopic (exact) mass is 448 g/mol. The van der Waals surface area contributed by atoms with Crippen LogP contribution in [-0.4, -0.2) is 44.6 Å². The molecule has 0 unspecified atom stereocenters. The molecule has 2 aromatic carbocycles. The number of rotatable bonds is 5. The standard InChI is InChI=1S/C23H20N4O2S2/c1-29-18-8-6-16(7-9-18)20-21-22(31-26-20)23(25-14-24-21)30-13-19(28)27-11-10-15-4-2-3-5-17(15)12-27/h2-9,14H,10-13H2,1H3. The molecule has 0 saturated carbocycles. The van der Waals surface area contributed by atoms with Crippen LogP contribution in [0.3, 0.4) is 0 Å². The van der Waals surface area contributed by atoms with Crippen molar-refractivity contribution in [3.8, 4) is 17.0 Å². The summed E-state index contributed by atoms with van der Waals surface area (Å²) in [6.07, 6.45) is 2.46. The maximum Gasteiger partial charge on any atom is 0.233 e. The van der Waals surface area contributed by atoms with E-state index in [0.29, 0.717) is 12.3 Å². The normalized spacial score (nSPS) is 13.3. The second-order valence-corrected chi connectivity index (χ2v) is 8.98. The minimum Gasteiger partial charge on any atom is -0.497 e. The molecule has 0 fully saturated rings. The summed E-state index contributed by atoms with van der Waals surface area (Å²) in [7, 11) is 1.65. The van der Waals surface area contributed by atoms with Gasteiger partial charge in [0.05, 0.1) is 12.9 Å². The highest BCUT2D eigenvalue weighted by atomic mass is 32.2. The third-order valence-corrected chi connectivity index (χ3v) is 7.35. The van der Waals surface area contributed by atoms with Gasteiger partial charge in [-0.25, -0.2) is 9.97 Å². The maximum absolute atomic E-state index is 12.8. The third-order valence-electron chi connectivity index (χ3n) is 5.40. The summed E-state index contributed by atoms with van der Waals surface area (Å²) < 4.78 is 10.8. The number of nitrogens with zero attached hydrogens (tertiary/aromatic N) is 4. The molecule has 0 aliphatic carbocycles. The largest absolute Gasteiger partial charge is 0.497 e. The van der Waals surface area contributed by atoms with Gasteiger partial charge >= 0.3 is 0 Å². The first-order valence-corrected chi connectivity index (χ1v) is 11.7. The zero-order valence-electron chi connectivity index (χ0n) is 16.9. The lowest BCUT2D eigenvalue weighted by molar-refractivity contribution is -0.129. The molecule has 1 aliphatic heterocycles. The van der Waals surface area contributed by atoms with E-state index in [2.05, 4.69) is 32.5 Å². The smallest absolute Gasteiger partial charge is 0.233 e. The van der Waals surface area contributed by atoms with Gasteiger partial charge in [0.1, 0.15) is 33.0 Å². The van der Waals surface area contributed by atoms with Crippen LogP contribution in [0.15, 0.2) is 59.9 Å². The molecule has 5 rings (SSSR count). The van der Waals surface area contributed by atoms with E-state index in [0.717, 1.165) is 45.2 Å². The van der Waals surface area contributed by atoms with Gasteiger partial charge in [0.25, 0.3) is 0 Å². The highest BCUT2D eigenvalue weighted by Gasteiger charge is 2.21. The molecule has 2 aromatic heterocycles. The van der Waals surface area contributed by atoms with E-state index in [-0.39, 0.29) is 5.91 Å². The van der Waals surface area contributed by atoms with E-state index in [1.165, 1.54) is 34.4 Å². The summed E-state index contributed by atoms with van der Waals surface area (Å²) in [5.41, 5.74) is 5.19. The predicted octanol–water partition coefficient (Wildman–Crippen LogP) is 4.44. The van der Waals surface area contributed by atoms with E-state index in [4.69, 9.17) is 4.74 Å². The van der Waals surface area contributed by atoms with E-state index in [9.17, 15) is 4.79 Å². The van der Waals surface area contributed by atoms with E-state index in [1.807, 2.05) is 35.2 Å². The van der Waals surface area contributed by atoms with E-state index < -0.39 is 0 Å². The number of hydrogen-bond donors (Lipinski definition) is 0. The Morgan fingerprint density at radius 1 is 1.13 bits per heavy atom. The van der Waals surface area contributed by atoms with Crippen LogP contribution >= 0.6 is 23.3 Å². The van der Waals surface area contributed by atoms with Gasteiger partial charge in [-0.2, -0.15) is 4.37 Å². The van der Waals surface area contributed by atoms with Crippen molar-refractivity contribution < 1.29 is 9.53 Å². The Morgan fingerprint density at radius 2 is 1.94 bits per heavy atom. The number of benzene rings is 2. The van der Waals surface area contributed by atoms with Gasteiger partial charge in [0.15, 0.2) is 0 Å². The Hall–Kier alpha value is -2.97. The van der Waals surface area contributed by atoms with Gasteiger partial charge in [-0.05, 0) is 53.3 Å². The van der Waals surface area contributed by atoms with E-state index in [1.54, 1.807) is 13.4 Å². The van der Waals surface area contributed by atoms with Crippen LogP contribution in [-0.2, 0) is 17.8 Å². The van der Waals surface area contributed by atoms with Gasteiger partial charge in [0.2, 0.25) is 5.91 Å². The Balaban J connectivity index is 1.32. The molecule has 0 radical (unpaired) electrons. The van der Waals surface area contributed by atoms with Crippen molar-refractivity contribution in [2.45, 2.75) is 18.0 Å². The quantitative estimate of drug-likeness (QED) is 0.332. The van der Waals surface area contributed by atoms with Crippen LogP contribution < -0.4 is 4.74 Å². The summed E-state index contributed by atoms with van der Waals surface area (Å²) >= 11 is 2.83. The lowest BCUT2D eigenvalue weighted by Crippen LogP contribution is -2.37. The van der Waals surface area contributed by atoms with Gasteiger partial charge in [-0.3, -0.25) is 4.79 Å². The van der Waals surface area contributed by atoms with Crippen molar-refractivity contribution in [3.05, 3.63) is 66.0 Å². The van der Waals surface area contributed by atoms with Crippen molar-refractivity contribution in [2.24, 2.45) is 0 Å². The SMILES string of the molecule is COc1ccc(-c2nsc3c(SCC(=O)N4CCc5ccccc5C4)ncnc23)cc1. The van der Waals surface area contributed by atoms with Crippen molar-refractivity contribution in [1.82, 2.24) is 19.2 Å². The number of amides is 1. The molecule has 0 saturated heterocycles. The number of fused-ring (bicyclic) bond motifs is 2. The molecule has 31 heavy (non-hydrogen) atoms. The maximum atomic E-state index is 12.8. The molecule has 6 nitrogen and oxygen atoms in total. The molecule has 1 aliphatic rings. The average molecular weight is 449 g/mol. The number of carbonyl (C=O) groups is 1. The van der Waals surface area contributed by atoms with Crippen LogP contribution in [0.25, 0.3) is 21.5 Å². The molecule has 8 heteroatoms. The van der Waals surface area contributed by atoms with Crippen molar-refractivity contribution >= 4 is 39.4 Å². The minimum atomic E-state index is 0.131. The fourth-order valence-electron chi connectivity index (χ4n) is 3.71. The molecule has 3 heterocycles. The fraction of sp³-hybridized carbons (Fsp3) is 0.217. The van der Waals surface area contributed by atoms with Gasteiger partial charge < -0.3 is 9.64 Å². The zero-order chi connectivity index (χ0) is 21.2. The topological polar surface area (TPSA) is 68.2 Å². The van der Waals surface area contributed by atoms with Crippen LogP contribution in [0, 0.1) is 0 Å². The Kier molecular flexibility index (Phi) is 5.57. The third kappa shape index (κ3) is 4.00. The fourth-order valence-corrected chi connectivity index (χ4v) is 5.54. The highest BCUT2D eigenvalue weighted by Crippen LogP contribution is 2.35. The number of thioether (sulfide) groups is 1. The van der Waals surface area contributed by atoms with Crippen molar-refractivity contribution in [3.63, 3.8) is 0 Å². The first-order chi connectivity index (χ1) is 15.2. The van der Waals surface area contributed by atoms with Crippen LogP contribution in [0.2, 0.25) is 0 Å². The van der Waals surface area contributed by atoms with Crippen LogP contribution in [0.4, 0.5) is 0 Å². The first kappa shape index (κ1) is 20.0. The molecular formula is C23H20N4O2S2. The molecule has 0 N–H and O–H groups in total. The number of methoxy groups -OCH3 is 1. The van der Waals surface area contributed by atoms with Crippen LogP contribution in [0.1, 0.15) is 11.1 Å². The summed E-state index contributed by atoms with van der Waals surface area (Å²) in [6, 6.07) is 16.1. The number of ether oxygens (including phenoxy) is 1. The molecule has 156 valence electrons. The second-order valence-electron chi connectivity index (χ2n) is 7.24. The lowest BCUT2D eigenvalue weighted by atomic mass is 10.00. The molecular weight excluding hydrogens is 428 g/mol. The summed E-state index contributed by atoms with van der Waals surface area (Å²) in [6.45, 7) is 1.44. The minimum absolute atomic E-state index is 0.131. The number of aromatic nitrogens is 3. The summed E-state index contributed by atoms with van der Waals surface area (Å²) in [5, 5.41) is 0.799. The lowest BCUT2D eigenvalue weighted by Gasteiger charge is -2.28. The number of hydrogen-bond acceptors (Lipinski definition) is 7. The zero-order valence-corrected chi connectivity index (χ0v) is 18.6. The summed E-state index contributed by atoms with van der Waals surface area (Å²) in [4.78, 5) is 23.7. The molecule has 1 amide bonds. The van der Waals surface area contributed by atoms with Crippen molar-refractivity contribution in [2.75, 3.05) is 19.4 Å². The van der Waals surface area contributed by atoms with Crippen LogP contribution in [0.5, 0.6) is 5.75 Å². The average Bonchev–Trinajstić information content (AvgIpc) is 3.27. The second kappa shape index (κ2) is 8.64. The molecule has 4 aromatic rings. The summed E-state index contributed by atoms with van der Waals surface area (Å²) in [5.74, 6) is 1.28. The Labute approximate surface area is 188 Å². The Morgan fingerprint density at radius 3 is 2.74 bits per heavy atom. The predicted molar refractivity (Wildman–Crippen MR) is 123 cm³/mol. The van der Waals surface area contributed by atoms with E-state index >= 15 is 0 Å². The molecule has 0 bridgehead atoms. The van der Waals surface area contributed by atoms with Gasteiger partial charge in [-0.1, -0.05) is 36.0 Å².